The summed E-state index contributed by atoms with van der Waals surface area (Å²) in [5, 5.41) is 4.96. The normalized spacial score (nSPS) is 13.3. The van der Waals surface area contributed by atoms with Gasteiger partial charge in [-0.3, -0.25) is 0 Å². The number of benzene rings is 10. The molecule has 0 unspecified atom stereocenters. The van der Waals surface area contributed by atoms with Crippen LogP contribution < -0.4 is 0 Å². The minimum Gasteiger partial charge on any atom is -0.0622 e. The Hall–Kier alpha value is -8.06. The maximum atomic E-state index is 2.49. The molecular weight excluding hydrogens is 745 g/mol. The zero-order valence-corrected chi connectivity index (χ0v) is 34.1. The first kappa shape index (κ1) is 35.8. The first-order valence-electron chi connectivity index (χ1n) is 21.5. The summed E-state index contributed by atoms with van der Waals surface area (Å²) in [5.41, 5.74) is 22.3. The second kappa shape index (κ2) is 14.9. The van der Waals surface area contributed by atoms with Gasteiger partial charge >= 0.3 is 0 Å². The molecule has 10 aromatic carbocycles. The molecule has 0 aliphatic heterocycles. The maximum Gasteiger partial charge on any atom is -0.000137 e. The van der Waals surface area contributed by atoms with E-state index >= 15 is 0 Å². The quantitative estimate of drug-likeness (QED) is 0.151. The summed E-state index contributed by atoms with van der Waals surface area (Å²) in [6.45, 7) is 0. The second-order valence-electron chi connectivity index (χ2n) is 16.3. The van der Waals surface area contributed by atoms with Crippen LogP contribution in [0.1, 0.15) is 33.4 Å². The van der Waals surface area contributed by atoms with Crippen LogP contribution >= 0.6 is 0 Å². The van der Waals surface area contributed by atoms with Crippen LogP contribution in [0.3, 0.4) is 0 Å². The number of hydrogen-bond acceptors (Lipinski definition) is 0. The van der Waals surface area contributed by atoms with E-state index in [1.54, 1.807) is 0 Å². The van der Waals surface area contributed by atoms with E-state index in [0.29, 0.717) is 0 Å². The summed E-state index contributed by atoms with van der Waals surface area (Å²) in [4.78, 5) is 0. The van der Waals surface area contributed by atoms with Crippen LogP contribution in [0.25, 0.3) is 82.8 Å². The zero-order valence-electron chi connectivity index (χ0n) is 34.1. The largest absolute Gasteiger partial charge is 0.0622 e. The lowest BCUT2D eigenvalue weighted by molar-refractivity contribution is 1.51. The molecule has 0 aromatic heterocycles. The number of allylic oxidation sites excluding steroid dienone is 5. The maximum absolute atomic E-state index is 2.49. The molecule has 12 rings (SSSR count). The van der Waals surface area contributed by atoms with Gasteiger partial charge in [-0.2, -0.15) is 0 Å². The lowest BCUT2D eigenvalue weighted by atomic mass is 9.84. The molecule has 288 valence electrons. The molecule has 2 aliphatic carbocycles. The lowest BCUT2D eigenvalue weighted by Gasteiger charge is -2.19. The number of fused-ring (bicyclic) bond motifs is 5. The minimum atomic E-state index is 1.20. The Kier molecular flexibility index (Phi) is 8.61. The average molecular weight is 785 g/mol. The van der Waals surface area contributed by atoms with Crippen LogP contribution in [0, 0.1) is 0 Å². The lowest BCUT2D eigenvalue weighted by Crippen LogP contribution is -1.97. The van der Waals surface area contributed by atoms with Crippen molar-refractivity contribution in [1.29, 1.82) is 0 Å². The summed E-state index contributed by atoms with van der Waals surface area (Å²) in [5.74, 6) is 0. The molecule has 0 radical (unpaired) electrons. The standard InChI is InChI=1S/C62H40/c1-6-19-43(20-7-1)53-39-55-56(40-54(53)44-21-8-2-9-22-44)61-60(49-36-34-41-33-35-48(37-50(41)38-49)52-32-18-30-42-23-16-17-31-51(42)52)58(46-26-12-4-13-27-46)59(47-28-14-5-15-29-47)62(61)57(55)45-24-10-3-11-25-45/h1-40H. The fraction of sp³-hybridized carbons (Fsp3) is 0. The van der Waals surface area contributed by atoms with Crippen LogP contribution in [0.4, 0.5) is 0 Å². The van der Waals surface area contributed by atoms with Gasteiger partial charge in [0, 0.05) is 0 Å². The molecule has 0 amide bonds. The average Bonchev–Trinajstić information content (AvgIpc) is 3.86. The fourth-order valence-electron chi connectivity index (χ4n) is 10.0. The van der Waals surface area contributed by atoms with Crippen molar-refractivity contribution in [3.8, 4) is 33.4 Å². The topological polar surface area (TPSA) is 0 Å². The van der Waals surface area contributed by atoms with E-state index in [0.717, 1.165) is 0 Å². The third kappa shape index (κ3) is 5.92. The molecule has 0 saturated heterocycles. The van der Waals surface area contributed by atoms with Crippen LogP contribution in [0.5, 0.6) is 0 Å². The molecule has 0 spiro atoms. The molecular formula is C62H40. The second-order valence-corrected chi connectivity index (χ2v) is 16.3. The van der Waals surface area contributed by atoms with Crippen molar-refractivity contribution in [2.45, 2.75) is 0 Å². The van der Waals surface area contributed by atoms with Gasteiger partial charge in [-0.05, 0) is 146 Å². The van der Waals surface area contributed by atoms with Crippen molar-refractivity contribution in [3.05, 3.63) is 282 Å². The van der Waals surface area contributed by atoms with Crippen LogP contribution in [-0.4, -0.2) is 0 Å². The molecule has 0 fully saturated rings. The van der Waals surface area contributed by atoms with Crippen molar-refractivity contribution in [1.82, 2.24) is 0 Å². The highest BCUT2D eigenvalue weighted by atomic mass is 14.4. The number of rotatable bonds is 7. The van der Waals surface area contributed by atoms with E-state index in [1.165, 1.54) is 122 Å². The Bertz CT molecular complexity index is 3440. The van der Waals surface area contributed by atoms with E-state index in [1.807, 2.05) is 0 Å². The molecule has 0 N–H and O–H groups in total. The molecule has 0 saturated carbocycles. The predicted octanol–water partition coefficient (Wildman–Crippen LogP) is 16.3. The minimum absolute atomic E-state index is 1.20. The van der Waals surface area contributed by atoms with E-state index < -0.39 is 0 Å². The van der Waals surface area contributed by atoms with Gasteiger partial charge in [-0.1, -0.05) is 218 Å². The van der Waals surface area contributed by atoms with Gasteiger partial charge in [0.25, 0.3) is 0 Å². The van der Waals surface area contributed by atoms with Crippen molar-refractivity contribution in [2.24, 2.45) is 0 Å². The number of hydrogen-bond donors (Lipinski definition) is 0. The zero-order chi connectivity index (χ0) is 41.0. The van der Waals surface area contributed by atoms with Gasteiger partial charge in [0.05, 0.1) is 0 Å². The van der Waals surface area contributed by atoms with Crippen LogP contribution in [0.2, 0.25) is 0 Å². The molecule has 0 atom stereocenters. The molecule has 10 aromatic rings. The Morgan fingerprint density at radius 1 is 0.161 bits per heavy atom. The van der Waals surface area contributed by atoms with Gasteiger partial charge in [0.2, 0.25) is 0 Å². The van der Waals surface area contributed by atoms with E-state index in [-0.39, 0.29) is 0 Å². The Balaban J connectivity index is 1.21. The van der Waals surface area contributed by atoms with Gasteiger partial charge in [-0.25, -0.2) is 0 Å². The molecule has 0 heteroatoms. The Morgan fingerprint density at radius 3 is 1.16 bits per heavy atom. The van der Waals surface area contributed by atoms with Gasteiger partial charge in [0.1, 0.15) is 0 Å². The van der Waals surface area contributed by atoms with Crippen molar-refractivity contribution in [2.75, 3.05) is 0 Å². The monoisotopic (exact) mass is 784 g/mol. The molecule has 0 heterocycles. The van der Waals surface area contributed by atoms with Crippen LogP contribution in [0.15, 0.2) is 248 Å². The molecule has 0 nitrogen and oxygen atoms in total. The Labute approximate surface area is 362 Å². The fourth-order valence-corrected chi connectivity index (χ4v) is 10.0. The third-order valence-corrected chi connectivity index (χ3v) is 12.8. The van der Waals surface area contributed by atoms with Crippen molar-refractivity contribution >= 4 is 49.4 Å². The summed E-state index contributed by atoms with van der Waals surface area (Å²) < 4.78 is 0. The molecule has 0 bridgehead atoms. The molecule has 2 aliphatic rings. The summed E-state index contributed by atoms with van der Waals surface area (Å²) >= 11 is 0. The van der Waals surface area contributed by atoms with E-state index in [4.69, 9.17) is 0 Å². The summed E-state index contributed by atoms with van der Waals surface area (Å²) in [7, 11) is 0. The Morgan fingerprint density at radius 2 is 0.581 bits per heavy atom. The van der Waals surface area contributed by atoms with E-state index in [9.17, 15) is 0 Å². The summed E-state index contributed by atoms with van der Waals surface area (Å²) in [6.07, 6.45) is 0. The van der Waals surface area contributed by atoms with Gasteiger partial charge in [0.15, 0.2) is 0 Å². The molecule has 62 heavy (non-hydrogen) atoms. The van der Waals surface area contributed by atoms with Crippen LogP contribution in [-0.2, 0) is 0 Å². The van der Waals surface area contributed by atoms with Gasteiger partial charge in [-0.15, -0.1) is 0 Å². The van der Waals surface area contributed by atoms with Crippen molar-refractivity contribution in [3.63, 3.8) is 0 Å². The first-order valence-corrected chi connectivity index (χ1v) is 21.5. The smallest absolute Gasteiger partial charge is 0.000137 e. The first-order chi connectivity index (χ1) is 30.8. The van der Waals surface area contributed by atoms with Gasteiger partial charge < -0.3 is 0 Å². The van der Waals surface area contributed by atoms with E-state index in [2.05, 4.69) is 243 Å². The third-order valence-electron chi connectivity index (χ3n) is 12.8. The van der Waals surface area contributed by atoms with Crippen molar-refractivity contribution < 1.29 is 0 Å². The summed E-state index contributed by atoms with van der Waals surface area (Å²) in [6, 6.07) is 89.4. The predicted molar refractivity (Wildman–Crippen MR) is 263 cm³/mol. The highest BCUT2D eigenvalue weighted by Crippen LogP contribution is 2.62. The SMILES string of the molecule is c1ccc(C2=C(c3ccccc3)C(c3ccc4ccc(-c5cccc6ccccc56)cc4c3)=C3C2=C(c2ccccc2)c2cc(-c4ccccc4)c(-c4ccccc4)cc23)cc1. The highest BCUT2D eigenvalue weighted by Gasteiger charge is 2.40. The highest BCUT2D eigenvalue weighted by molar-refractivity contribution is 6.39.